The predicted octanol–water partition coefficient (Wildman–Crippen LogP) is 0.457. The molecule has 0 bridgehead atoms. The molecule has 1 N–H and O–H groups in total. The van der Waals surface area contributed by atoms with Gasteiger partial charge in [0.15, 0.2) is 7.98 Å². The van der Waals surface area contributed by atoms with Gasteiger partial charge in [0.05, 0.1) is 0 Å². The molecule has 1 saturated carbocycles. The van der Waals surface area contributed by atoms with Crippen LogP contribution >= 0.6 is 0 Å². The maximum Gasteiger partial charge on any atom is 0.182 e. The summed E-state index contributed by atoms with van der Waals surface area (Å²) in [4.78, 5) is 0. The fourth-order valence-corrected chi connectivity index (χ4v) is 1.39. The topological polar surface area (TPSA) is 12.0 Å². The summed E-state index contributed by atoms with van der Waals surface area (Å²) in [7, 11) is 2.07. The Hall–Kier alpha value is 0.0249. The second-order valence-electron chi connectivity index (χ2n) is 2.62. The number of rotatable bonds is 1. The highest BCUT2D eigenvalue weighted by atomic mass is 14.8. The van der Waals surface area contributed by atoms with E-state index < -0.39 is 0 Å². The summed E-state index contributed by atoms with van der Waals surface area (Å²) in [6.07, 6.45) is 7.13. The van der Waals surface area contributed by atoms with Crippen molar-refractivity contribution in [3.63, 3.8) is 0 Å². The molecule has 0 spiro atoms. The fourth-order valence-electron chi connectivity index (χ4n) is 1.39. The first kappa shape index (κ1) is 6.15. The van der Waals surface area contributed by atoms with Crippen LogP contribution in [0.1, 0.15) is 32.1 Å². The van der Waals surface area contributed by atoms with Crippen molar-refractivity contribution in [1.82, 2.24) is 5.23 Å². The van der Waals surface area contributed by atoms with Crippen molar-refractivity contribution in [3.8, 4) is 0 Å². The normalized spacial score (nSPS) is 23.5. The van der Waals surface area contributed by atoms with Crippen LogP contribution in [-0.4, -0.2) is 14.0 Å². The van der Waals surface area contributed by atoms with Gasteiger partial charge in [-0.15, -0.1) is 0 Å². The molecule has 0 aromatic carbocycles. The van der Waals surface area contributed by atoms with Gasteiger partial charge in [-0.25, -0.2) is 0 Å². The van der Waals surface area contributed by atoms with Gasteiger partial charge in [0, 0.05) is 0 Å². The minimum absolute atomic E-state index is 0.837. The minimum Gasteiger partial charge on any atom is -0.359 e. The third-order valence-corrected chi connectivity index (χ3v) is 2.01. The molecule has 0 aromatic rings. The molecule has 0 aliphatic heterocycles. The average Bonchev–Trinajstić information content (AvgIpc) is 1.90. The lowest BCUT2D eigenvalue weighted by Gasteiger charge is -2.20. The van der Waals surface area contributed by atoms with Gasteiger partial charge in [-0.3, -0.25) is 0 Å². The lowest BCUT2D eigenvalue weighted by Crippen LogP contribution is -2.28. The summed E-state index contributed by atoms with van der Waals surface area (Å²) in [5, 5.41) is 3.30. The monoisotopic (exact) mass is 111 g/mol. The maximum absolute atomic E-state index is 3.30. The molecule has 1 aliphatic rings. The quantitative estimate of drug-likeness (QED) is 0.484. The molecule has 0 unspecified atom stereocenters. The van der Waals surface area contributed by atoms with E-state index in [2.05, 4.69) is 13.2 Å². The summed E-state index contributed by atoms with van der Waals surface area (Å²) in [5.41, 5.74) is 0. The fraction of sp³-hybridized carbons (Fsp3) is 1.00. The smallest absolute Gasteiger partial charge is 0.182 e. The Balaban J connectivity index is 2.13. The Morgan fingerprint density at radius 1 is 1.12 bits per heavy atom. The van der Waals surface area contributed by atoms with Crippen LogP contribution in [0.25, 0.3) is 0 Å². The Morgan fingerprint density at radius 2 is 1.75 bits per heavy atom. The van der Waals surface area contributed by atoms with Gasteiger partial charge in [-0.05, 0) is 18.9 Å². The minimum atomic E-state index is 0.837. The van der Waals surface area contributed by atoms with Crippen LogP contribution in [0, 0.1) is 0 Å². The number of hydrogen-bond acceptors (Lipinski definition) is 1. The van der Waals surface area contributed by atoms with Gasteiger partial charge in [-0.1, -0.05) is 19.3 Å². The van der Waals surface area contributed by atoms with Crippen LogP contribution in [0.5, 0.6) is 0 Å². The Bertz CT molecular complexity index is 59.5. The Labute approximate surface area is 52.3 Å². The van der Waals surface area contributed by atoms with Gasteiger partial charge < -0.3 is 5.23 Å². The molecular weight excluding hydrogens is 96.9 g/mol. The lowest BCUT2D eigenvalue weighted by atomic mass is 9.94. The SMILES string of the molecule is BNC1CCCCC1. The van der Waals surface area contributed by atoms with Crippen molar-refractivity contribution in [2.45, 2.75) is 38.1 Å². The Kier molecular flexibility index (Phi) is 2.41. The zero-order chi connectivity index (χ0) is 5.82. The first-order valence-corrected chi connectivity index (χ1v) is 3.61. The zero-order valence-corrected chi connectivity index (χ0v) is 5.61. The second-order valence-corrected chi connectivity index (χ2v) is 2.62. The molecule has 0 saturated heterocycles. The van der Waals surface area contributed by atoms with E-state index in [9.17, 15) is 0 Å². The maximum atomic E-state index is 3.30. The molecule has 0 amide bonds. The van der Waals surface area contributed by atoms with Crippen molar-refractivity contribution in [2.24, 2.45) is 0 Å². The van der Waals surface area contributed by atoms with Gasteiger partial charge in [0.1, 0.15) is 0 Å². The first-order valence-electron chi connectivity index (χ1n) is 3.61. The molecule has 1 nitrogen and oxygen atoms in total. The van der Waals surface area contributed by atoms with Crippen molar-refractivity contribution in [1.29, 1.82) is 0 Å². The predicted molar refractivity (Wildman–Crippen MR) is 38.6 cm³/mol. The molecule has 0 aromatic heterocycles. The van der Waals surface area contributed by atoms with Crippen LogP contribution in [0.4, 0.5) is 0 Å². The summed E-state index contributed by atoms with van der Waals surface area (Å²) in [6.45, 7) is 0. The largest absolute Gasteiger partial charge is 0.359 e. The van der Waals surface area contributed by atoms with Crippen molar-refractivity contribution >= 4 is 7.98 Å². The van der Waals surface area contributed by atoms with E-state index >= 15 is 0 Å². The molecule has 46 valence electrons. The molecule has 1 fully saturated rings. The molecule has 8 heavy (non-hydrogen) atoms. The van der Waals surface area contributed by atoms with Crippen molar-refractivity contribution in [3.05, 3.63) is 0 Å². The van der Waals surface area contributed by atoms with Crippen molar-refractivity contribution < 1.29 is 0 Å². The highest BCUT2D eigenvalue weighted by Crippen LogP contribution is 2.16. The second kappa shape index (κ2) is 3.13. The van der Waals surface area contributed by atoms with Crippen LogP contribution < -0.4 is 5.23 Å². The molecule has 0 atom stereocenters. The molecule has 1 rings (SSSR count). The summed E-state index contributed by atoms with van der Waals surface area (Å²) in [5.74, 6) is 0. The standard InChI is InChI=1S/C6H14BN/c7-8-6-4-2-1-3-5-6/h6,8H,1-5,7H2. The molecule has 0 heterocycles. The van der Waals surface area contributed by atoms with E-state index in [0.717, 1.165) is 6.04 Å². The van der Waals surface area contributed by atoms with Crippen molar-refractivity contribution in [2.75, 3.05) is 0 Å². The number of nitrogens with one attached hydrogen (secondary N) is 1. The van der Waals surface area contributed by atoms with E-state index in [-0.39, 0.29) is 0 Å². The van der Waals surface area contributed by atoms with Gasteiger partial charge in [-0.2, -0.15) is 0 Å². The van der Waals surface area contributed by atoms with E-state index in [1.807, 2.05) is 0 Å². The first-order chi connectivity index (χ1) is 3.93. The van der Waals surface area contributed by atoms with Crippen LogP contribution in [0.2, 0.25) is 0 Å². The van der Waals surface area contributed by atoms with Gasteiger partial charge in [0.25, 0.3) is 0 Å². The zero-order valence-electron chi connectivity index (χ0n) is 5.61. The van der Waals surface area contributed by atoms with E-state index in [1.165, 1.54) is 32.1 Å². The van der Waals surface area contributed by atoms with E-state index in [1.54, 1.807) is 0 Å². The van der Waals surface area contributed by atoms with E-state index in [0.29, 0.717) is 0 Å². The van der Waals surface area contributed by atoms with Gasteiger partial charge in [0.2, 0.25) is 0 Å². The summed E-state index contributed by atoms with van der Waals surface area (Å²) in [6, 6.07) is 0.837. The third kappa shape index (κ3) is 1.51. The van der Waals surface area contributed by atoms with Gasteiger partial charge >= 0.3 is 0 Å². The Morgan fingerprint density at radius 3 is 2.12 bits per heavy atom. The molecule has 0 radical (unpaired) electrons. The highest BCUT2D eigenvalue weighted by molar-refractivity contribution is 6.04. The average molecular weight is 111 g/mol. The van der Waals surface area contributed by atoms with Crippen LogP contribution in [0.15, 0.2) is 0 Å². The highest BCUT2D eigenvalue weighted by Gasteiger charge is 2.08. The third-order valence-electron chi connectivity index (χ3n) is 2.01. The van der Waals surface area contributed by atoms with Crippen LogP contribution in [0.3, 0.4) is 0 Å². The molecule has 2 heteroatoms. The summed E-state index contributed by atoms with van der Waals surface area (Å²) >= 11 is 0. The van der Waals surface area contributed by atoms with E-state index in [4.69, 9.17) is 0 Å². The lowest BCUT2D eigenvalue weighted by molar-refractivity contribution is 0.420. The molecular formula is C6H14BN. The van der Waals surface area contributed by atoms with Crippen LogP contribution in [-0.2, 0) is 0 Å². The molecule has 1 aliphatic carbocycles. The summed E-state index contributed by atoms with van der Waals surface area (Å²) < 4.78 is 0. The number of hydrogen-bond donors (Lipinski definition) is 1.